The molecule has 6 unspecified atom stereocenters. The number of hydrogen-bond acceptors (Lipinski definition) is 11. The molecule has 5 N–H and O–H groups in total. The summed E-state index contributed by atoms with van der Waals surface area (Å²) in [6, 6.07) is 12.5. The van der Waals surface area contributed by atoms with Gasteiger partial charge in [-0.2, -0.15) is 10.2 Å². The first kappa shape index (κ1) is 54.2. The van der Waals surface area contributed by atoms with Crippen molar-refractivity contribution in [2.45, 2.75) is 128 Å². The summed E-state index contributed by atoms with van der Waals surface area (Å²) in [7, 11) is 0. The molecule has 14 rings (SSSR count). The zero-order valence-corrected chi connectivity index (χ0v) is 46.1. The molecule has 2 aromatic carbocycles. The van der Waals surface area contributed by atoms with E-state index in [-0.39, 0.29) is 70.4 Å². The number of aliphatic hydroxyl groups excluding tert-OH is 2. The van der Waals surface area contributed by atoms with Crippen molar-refractivity contribution in [3.63, 3.8) is 0 Å². The van der Waals surface area contributed by atoms with Gasteiger partial charge in [0, 0.05) is 35.6 Å². The highest BCUT2D eigenvalue weighted by Gasteiger charge is 2.70. The number of carbonyl (C=O) groups excluding carboxylic acids is 2. The molecule has 80 heavy (non-hydrogen) atoms. The van der Waals surface area contributed by atoms with E-state index in [2.05, 4.69) is 58.8 Å². The van der Waals surface area contributed by atoms with E-state index in [1.807, 2.05) is 35.6 Å². The van der Waals surface area contributed by atoms with Gasteiger partial charge in [0.1, 0.15) is 29.9 Å². The van der Waals surface area contributed by atoms with Crippen molar-refractivity contribution in [3.05, 3.63) is 144 Å². The fraction of sp³-hybridized carbons (Fsp3) is 0.492. The van der Waals surface area contributed by atoms with Crippen LogP contribution in [0.1, 0.15) is 114 Å². The van der Waals surface area contributed by atoms with Crippen LogP contribution in [0, 0.1) is 68.8 Å². The fourth-order valence-corrected chi connectivity index (χ4v) is 17.9. The largest absolute Gasteiger partial charge is 0.479 e. The molecule has 6 aromatic rings. The molecule has 19 heteroatoms. The number of imidazole rings is 2. The van der Waals surface area contributed by atoms with Gasteiger partial charge in [-0.25, -0.2) is 37.7 Å². The summed E-state index contributed by atoms with van der Waals surface area (Å²) in [5, 5.41) is 64.1. The summed E-state index contributed by atoms with van der Waals surface area (Å²) in [4.78, 5) is 43.3. The third-order valence-corrected chi connectivity index (χ3v) is 21.8. The second kappa shape index (κ2) is 19.4. The number of nitrogens with zero attached hydrogens (tertiary/aromatic N) is 8. The highest BCUT2D eigenvalue weighted by atomic mass is 32.1. The predicted molar refractivity (Wildman–Crippen MR) is 294 cm³/mol. The van der Waals surface area contributed by atoms with Gasteiger partial charge in [-0.3, -0.25) is 13.9 Å². The molecule has 14 atom stereocenters. The number of benzene rings is 2. The molecule has 0 amide bonds. The number of aliphatic carboxylic acids is 1. The van der Waals surface area contributed by atoms with E-state index < -0.39 is 45.3 Å². The molecule has 0 bridgehead atoms. The molecule has 6 saturated carbocycles. The van der Waals surface area contributed by atoms with Gasteiger partial charge in [0.05, 0.1) is 47.4 Å². The lowest BCUT2D eigenvalue weighted by molar-refractivity contribution is -0.193. The number of fused-ring (bicyclic) bond motifs is 12. The van der Waals surface area contributed by atoms with E-state index >= 15 is 0 Å². The number of aromatic nitrogens is 8. The van der Waals surface area contributed by atoms with Crippen molar-refractivity contribution in [2.75, 3.05) is 0 Å². The predicted octanol–water partition coefficient (Wildman–Crippen LogP) is 8.93. The van der Waals surface area contributed by atoms with Crippen molar-refractivity contribution in [3.8, 4) is 11.4 Å². The Morgan fingerprint density at radius 2 is 1.04 bits per heavy atom. The Morgan fingerprint density at radius 3 is 1.43 bits per heavy atom. The standard InChI is InChI=1S/C27H31FN2O4.C27H31FN2O3S.C7H6N4O/c1-25-12-15-14-29-30(18-6-4-17(28)5-7-18)21(15)11-16(25)3-8-19-20-9-10-27(34,24(32)33)26(20,2)13-22(31)23(19)25;1-25-12-15-14-29-30(18-6-4-17(28)5-7-18)21(15)11-16(25)3-8-19-20-9-10-27(33,24(32)34)26(20,2)13-22(31)23(19)25;12-7(10-3-1-8-5-10)11-4-2-9-6-11/h4-7,11,14,19-20,22-23,31,34H,3,8-10,12-13H2,1-2H3,(H,32,33);4-7,11,14,19-20,22-23,31,33H,3,8-10,12-13H2,1-2H3,(H,32,34);1-6H/t2*19?,20?,22-,23?,25-,26-,27-;/m00./s1. The first-order valence-corrected chi connectivity index (χ1v) is 28.4. The normalized spacial score (nSPS) is 36.0. The summed E-state index contributed by atoms with van der Waals surface area (Å²) in [6.45, 7) is 8.36. The van der Waals surface area contributed by atoms with Crippen LogP contribution in [0.15, 0.2) is 110 Å². The van der Waals surface area contributed by atoms with E-state index in [4.69, 9.17) is 0 Å². The second-order valence-electron chi connectivity index (χ2n) is 25.1. The zero-order valence-electron chi connectivity index (χ0n) is 45.2. The minimum absolute atomic E-state index is 0.00374. The maximum absolute atomic E-state index is 13.4. The van der Waals surface area contributed by atoms with Crippen LogP contribution < -0.4 is 0 Å². The van der Waals surface area contributed by atoms with Gasteiger partial charge < -0.3 is 25.5 Å². The minimum atomic E-state index is -1.78. The summed E-state index contributed by atoms with van der Waals surface area (Å²) >= 11 is 4.05. The van der Waals surface area contributed by atoms with E-state index in [0.29, 0.717) is 25.7 Å². The second-order valence-corrected chi connectivity index (χ2v) is 25.5. The fourth-order valence-electron chi connectivity index (χ4n) is 17.5. The Morgan fingerprint density at radius 1 is 0.625 bits per heavy atom. The SMILES string of the molecule is C[C@]12Cc3cnn(-c4ccc(F)cc4)c3C=C1CCC1C2[C@@H](O)C[C@@]2(C)C1CC[C@]2(O)C(=O)O.C[C@]12Cc3cnn(-c4ccc(F)cc4)c3C=C1CCC1C2[C@@H](O)C[C@@]2(C)C1CC[C@]2(O)C(=O)S.O=C(n1ccnc1)n1ccnc1. The highest BCUT2D eigenvalue weighted by molar-refractivity contribution is 7.96. The van der Waals surface area contributed by atoms with Gasteiger partial charge in [-0.15, -0.1) is 12.6 Å². The van der Waals surface area contributed by atoms with Gasteiger partial charge in [-0.05, 0) is 195 Å². The van der Waals surface area contributed by atoms with Crippen LogP contribution in [0.25, 0.3) is 23.5 Å². The summed E-state index contributed by atoms with van der Waals surface area (Å²) < 4.78 is 33.4. The van der Waals surface area contributed by atoms with Crippen LogP contribution in [-0.2, 0) is 22.4 Å². The maximum Gasteiger partial charge on any atom is 0.338 e. The molecule has 4 aromatic heterocycles. The Bertz CT molecular complexity index is 3230. The van der Waals surface area contributed by atoms with Crippen molar-refractivity contribution in [1.82, 2.24) is 38.7 Å². The molecule has 0 spiro atoms. The van der Waals surface area contributed by atoms with Gasteiger partial charge in [-0.1, -0.05) is 38.8 Å². The third-order valence-electron chi connectivity index (χ3n) is 21.5. The van der Waals surface area contributed by atoms with Crippen molar-refractivity contribution < 1.29 is 48.7 Å². The number of aliphatic hydroxyl groups is 4. The zero-order chi connectivity index (χ0) is 56.5. The number of halogens is 2. The molecule has 0 radical (unpaired) electrons. The molecule has 0 aliphatic heterocycles. The first-order chi connectivity index (χ1) is 38.0. The molecular weight excluding hydrogens is 1040 g/mol. The van der Waals surface area contributed by atoms with Crippen LogP contribution in [0.5, 0.6) is 0 Å². The number of allylic oxidation sites excluding steroid dienone is 2. The number of thiol groups is 1. The Kier molecular flexibility index (Phi) is 13.1. The van der Waals surface area contributed by atoms with Crippen molar-refractivity contribution >= 4 is 41.9 Å². The van der Waals surface area contributed by atoms with Gasteiger partial charge >= 0.3 is 12.0 Å². The maximum atomic E-state index is 13.4. The lowest BCUT2D eigenvalue weighted by Crippen LogP contribution is -2.61. The molecule has 0 saturated heterocycles. The van der Waals surface area contributed by atoms with Gasteiger partial charge in [0.15, 0.2) is 5.60 Å². The molecular formula is C61H68F2N8O8S. The molecule has 16 nitrogen and oxygen atoms in total. The Balaban J connectivity index is 0.000000132. The van der Waals surface area contributed by atoms with Crippen LogP contribution in [0.4, 0.5) is 13.6 Å². The number of carboxylic acids is 1. The van der Waals surface area contributed by atoms with Gasteiger partial charge in [0.2, 0.25) is 5.12 Å². The quantitative estimate of drug-likeness (QED) is 0.0911. The summed E-state index contributed by atoms with van der Waals surface area (Å²) in [5.41, 5.74) is 3.32. The van der Waals surface area contributed by atoms with Crippen molar-refractivity contribution in [1.29, 1.82) is 0 Å². The van der Waals surface area contributed by atoms with E-state index in [1.54, 1.807) is 49.1 Å². The molecule has 8 aliphatic rings. The summed E-state index contributed by atoms with van der Waals surface area (Å²) in [6.07, 6.45) is 24.0. The van der Waals surface area contributed by atoms with E-state index in [1.165, 1.54) is 57.2 Å². The molecule has 8 aliphatic carbocycles. The first-order valence-electron chi connectivity index (χ1n) is 27.9. The average molecular weight is 1110 g/mol. The highest BCUT2D eigenvalue weighted by Crippen LogP contribution is 2.69. The van der Waals surface area contributed by atoms with Crippen LogP contribution >= 0.6 is 12.6 Å². The number of rotatable bonds is 4. The lowest BCUT2D eigenvalue weighted by atomic mass is 9.45. The van der Waals surface area contributed by atoms with Gasteiger partial charge in [0.25, 0.3) is 0 Å². The van der Waals surface area contributed by atoms with Crippen LogP contribution in [0.2, 0.25) is 0 Å². The number of carboxylic acid groups (broad SMARTS) is 1. The Labute approximate surface area is 467 Å². The van der Waals surface area contributed by atoms with E-state index in [0.717, 1.165) is 78.8 Å². The van der Waals surface area contributed by atoms with Crippen LogP contribution in [-0.4, -0.2) is 105 Å². The molecule has 4 heterocycles. The average Bonchev–Trinajstić information content (AvgIpc) is 2.14. The smallest absolute Gasteiger partial charge is 0.338 e. The van der Waals surface area contributed by atoms with Crippen molar-refractivity contribution in [2.24, 2.45) is 57.2 Å². The Hall–Kier alpha value is -6.38. The number of hydrogen-bond donors (Lipinski definition) is 6. The summed E-state index contributed by atoms with van der Waals surface area (Å²) in [5.74, 6) is -0.993. The third kappa shape index (κ3) is 8.13. The topological polar surface area (TPSA) is 224 Å². The monoisotopic (exact) mass is 1110 g/mol. The van der Waals surface area contributed by atoms with Crippen LogP contribution in [0.3, 0.4) is 0 Å². The number of carbonyl (C=O) groups is 3. The van der Waals surface area contributed by atoms with E-state index in [9.17, 15) is 48.7 Å². The molecule has 6 fully saturated rings. The lowest BCUT2D eigenvalue weighted by Gasteiger charge is -2.60. The molecule has 420 valence electrons. The minimum Gasteiger partial charge on any atom is -0.479 e.